The molecule has 0 radical (unpaired) electrons. The monoisotopic (exact) mass is 285 g/mol. The fourth-order valence-electron chi connectivity index (χ4n) is 1.91. The van der Waals surface area contributed by atoms with E-state index in [-0.39, 0.29) is 11.3 Å². The van der Waals surface area contributed by atoms with Crippen molar-refractivity contribution >= 4 is 11.7 Å². The largest absolute Gasteiger partial charge is 0.358 e. The van der Waals surface area contributed by atoms with Crippen LogP contribution in [0.1, 0.15) is 10.4 Å². The summed E-state index contributed by atoms with van der Waals surface area (Å²) in [4.78, 5) is 23.5. The number of halogens is 1. The summed E-state index contributed by atoms with van der Waals surface area (Å²) in [5.74, 6) is -3.52. The Bertz CT molecular complexity index is 717. The molecular weight excluding hydrogens is 273 g/mol. The summed E-state index contributed by atoms with van der Waals surface area (Å²) >= 11 is 0. The fraction of sp³-hybridized carbons (Fsp3) is 0.133. The molecule has 106 valence electrons. The van der Waals surface area contributed by atoms with Gasteiger partial charge >= 0.3 is 0 Å². The number of nitrogens with zero attached hydrogens (tertiary/aromatic N) is 2. The van der Waals surface area contributed by atoms with Gasteiger partial charge in [-0.3, -0.25) is 9.59 Å². The molecule has 2 aromatic rings. The number of carbonyl (C=O) groups is 2. The van der Waals surface area contributed by atoms with E-state index in [9.17, 15) is 14.0 Å². The van der Waals surface area contributed by atoms with Crippen LogP contribution in [0.25, 0.3) is 5.69 Å². The molecule has 0 unspecified atom stereocenters. The van der Waals surface area contributed by atoms with Gasteiger partial charge in [-0.1, -0.05) is 0 Å². The average molecular weight is 285 g/mol. The Balaban J connectivity index is 2.34. The first kappa shape index (κ1) is 14.5. The lowest BCUT2D eigenvalue weighted by Crippen LogP contribution is -2.32. The van der Waals surface area contributed by atoms with Gasteiger partial charge in [-0.15, -0.1) is 0 Å². The zero-order valence-corrected chi connectivity index (χ0v) is 11.2. The molecule has 1 amide bonds. The summed E-state index contributed by atoms with van der Waals surface area (Å²) in [7, 11) is 1.33. The average Bonchev–Trinajstić information content (AvgIpc) is 3.01. The summed E-state index contributed by atoms with van der Waals surface area (Å²) in [5, 5.41) is 11.1. The third-order valence-corrected chi connectivity index (χ3v) is 3.01. The van der Waals surface area contributed by atoms with Crippen LogP contribution in [-0.2, 0) is 4.79 Å². The van der Waals surface area contributed by atoms with Gasteiger partial charge in [0.15, 0.2) is 11.7 Å². The van der Waals surface area contributed by atoms with Crippen molar-refractivity contribution < 1.29 is 14.0 Å². The first-order valence-electron chi connectivity index (χ1n) is 6.16. The number of amides is 1. The van der Waals surface area contributed by atoms with E-state index < -0.39 is 23.4 Å². The van der Waals surface area contributed by atoms with E-state index in [1.165, 1.54) is 19.2 Å². The predicted molar refractivity (Wildman–Crippen MR) is 73.2 cm³/mol. The Kier molecular flexibility index (Phi) is 4.14. The van der Waals surface area contributed by atoms with Crippen LogP contribution in [0, 0.1) is 23.1 Å². The molecule has 5 nitrogen and oxygen atoms in total. The second-order valence-corrected chi connectivity index (χ2v) is 4.30. The number of nitrogens with one attached hydrogen (secondary N) is 1. The number of Topliss-reactive ketones (excluding diaryl/α,β-unsaturated/α-hetero) is 1. The number of benzene rings is 1. The highest BCUT2D eigenvalue weighted by molar-refractivity contribution is 6.12. The Morgan fingerprint density at radius 3 is 2.52 bits per heavy atom. The van der Waals surface area contributed by atoms with Crippen LogP contribution in [0.2, 0.25) is 0 Å². The van der Waals surface area contributed by atoms with Crippen LogP contribution < -0.4 is 5.32 Å². The van der Waals surface area contributed by atoms with Crippen LogP contribution in [-0.4, -0.2) is 23.3 Å². The molecule has 0 fully saturated rings. The maximum atomic E-state index is 14.1. The Hall–Kier alpha value is -2.94. The Morgan fingerprint density at radius 1 is 1.33 bits per heavy atom. The maximum Gasteiger partial charge on any atom is 0.245 e. The smallest absolute Gasteiger partial charge is 0.245 e. The van der Waals surface area contributed by atoms with Crippen LogP contribution >= 0.6 is 0 Å². The molecule has 6 heteroatoms. The molecule has 0 aliphatic carbocycles. The van der Waals surface area contributed by atoms with Crippen molar-refractivity contribution in [3.05, 3.63) is 54.1 Å². The van der Waals surface area contributed by atoms with Crippen molar-refractivity contribution in [1.82, 2.24) is 9.88 Å². The third kappa shape index (κ3) is 2.82. The van der Waals surface area contributed by atoms with E-state index in [1.54, 1.807) is 35.2 Å². The molecule has 2 rings (SSSR count). The number of rotatable bonds is 4. The summed E-state index contributed by atoms with van der Waals surface area (Å²) in [6.45, 7) is 0. The summed E-state index contributed by atoms with van der Waals surface area (Å²) in [5.41, 5.74) is 0.267. The van der Waals surface area contributed by atoms with Gasteiger partial charge in [0.05, 0.1) is 11.8 Å². The van der Waals surface area contributed by atoms with Gasteiger partial charge in [-0.2, -0.15) is 5.26 Å². The number of hydrogen-bond donors (Lipinski definition) is 1. The van der Waals surface area contributed by atoms with E-state index in [0.717, 1.165) is 6.07 Å². The minimum Gasteiger partial charge on any atom is -0.358 e. The van der Waals surface area contributed by atoms with Crippen LogP contribution in [0.3, 0.4) is 0 Å². The van der Waals surface area contributed by atoms with Crippen molar-refractivity contribution in [3.63, 3.8) is 0 Å². The SMILES string of the molecule is CNC(=O)[C@H](C#N)C(=O)c1ccc(-n2cccc2)c(F)c1. The number of nitriles is 1. The molecule has 1 aromatic heterocycles. The lowest BCUT2D eigenvalue weighted by Gasteiger charge is -2.09. The highest BCUT2D eigenvalue weighted by Gasteiger charge is 2.27. The molecule has 0 saturated carbocycles. The molecular formula is C15H12FN3O2. The molecule has 0 saturated heterocycles. The maximum absolute atomic E-state index is 14.1. The second kappa shape index (κ2) is 6.01. The molecule has 0 bridgehead atoms. The molecule has 21 heavy (non-hydrogen) atoms. The van der Waals surface area contributed by atoms with Crippen LogP contribution in [0.5, 0.6) is 0 Å². The minimum absolute atomic E-state index is 0.0152. The highest BCUT2D eigenvalue weighted by atomic mass is 19.1. The minimum atomic E-state index is -1.48. The lowest BCUT2D eigenvalue weighted by atomic mass is 9.97. The van der Waals surface area contributed by atoms with Gasteiger partial charge in [-0.05, 0) is 30.3 Å². The first-order chi connectivity index (χ1) is 10.1. The number of ketones is 1. The van der Waals surface area contributed by atoms with Crippen molar-refractivity contribution in [2.75, 3.05) is 7.05 Å². The summed E-state index contributed by atoms with van der Waals surface area (Å²) in [6, 6.07) is 8.98. The zero-order chi connectivity index (χ0) is 15.4. The molecule has 1 N–H and O–H groups in total. The molecule has 0 aliphatic heterocycles. The number of aromatic nitrogens is 1. The molecule has 0 aliphatic rings. The normalized spacial score (nSPS) is 11.5. The van der Waals surface area contributed by atoms with Gasteiger partial charge in [0.1, 0.15) is 5.82 Å². The highest BCUT2D eigenvalue weighted by Crippen LogP contribution is 2.18. The summed E-state index contributed by atoms with van der Waals surface area (Å²) < 4.78 is 15.6. The first-order valence-corrected chi connectivity index (χ1v) is 6.16. The van der Waals surface area contributed by atoms with Gasteiger partial charge in [0, 0.05) is 25.0 Å². The van der Waals surface area contributed by atoms with Crippen LogP contribution in [0.4, 0.5) is 4.39 Å². The van der Waals surface area contributed by atoms with Crippen molar-refractivity contribution in [2.45, 2.75) is 0 Å². The topological polar surface area (TPSA) is 74.9 Å². The van der Waals surface area contributed by atoms with Gasteiger partial charge in [0.25, 0.3) is 0 Å². The zero-order valence-electron chi connectivity index (χ0n) is 11.2. The lowest BCUT2D eigenvalue weighted by molar-refractivity contribution is -0.121. The van der Waals surface area contributed by atoms with E-state index in [2.05, 4.69) is 5.32 Å². The molecule has 1 aromatic carbocycles. The van der Waals surface area contributed by atoms with Crippen molar-refractivity contribution in [2.24, 2.45) is 5.92 Å². The molecule has 0 spiro atoms. The standard InChI is InChI=1S/C15H12FN3O2/c1-18-15(21)11(9-17)14(20)10-4-5-13(12(16)8-10)19-6-2-3-7-19/h2-8,11H,1H3,(H,18,21)/t11-/m1/s1. The van der Waals surface area contributed by atoms with E-state index >= 15 is 0 Å². The number of carbonyl (C=O) groups excluding carboxylic acids is 2. The van der Waals surface area contributed by atoms with Crippen LogP contribution in [0.15, 0.2) is 42.7 Å². The van der Waals surface area contributed by atoms with Crippen molar-refractivity contribution in [1.29, 1.82) is 5.26 Å². The van der Waals surface area contributed by atoms with Gasteiger partial charge in [-0.25, -0.2) is 4.39 Å². The predicted octanol–water partition coefficient (Wildman–Crippen LogP) is 1.68. The Morgan fingerprint density at radius 2 is 2.00 bits per heavy atom. The Labute approximate surface area is 120 Å². The summed E-state index contributed by atoms with van der Waals surface area (Å²) in [6.07, 6.45) is 3.34. The third-order valence-electron chi connectivity index (χ3n) is 3.01. The van der Waals surface area contributed by atoms with Gasteiger partial charge in [0.2, 0.25) is 5.91 Å². The van der Waals surface area contributed by atoms with E-state index in [0.29, 0.717) is 0 Å². The number of hydrogen-bond acceptors (Lipinski definition) is 3. The van der Waals surface area contributed by atoms with E-state index in [4.69, 9.17) is 5.26 Å². The van der Waals surface area contributed by atoms with Crippen molar-refractivity contribution in [3.8, 4) is 11.8 Å². The molecule has 1 atom stereocenters. The van der Waals surface area contributed by atoms with E-state index in [1.807, 2.05) is 0 Å². The van der Waals surface area contributed by atoms with Gasteiger partial charge < -0.3 is 9.88 Å². The quantitative estimate of drug-likeness (QED) is 0.686. The fourth-order valence-corrected chi connectivity index (χ4v) is 1.91. The second-order valence-electron chi connectivity index (χ2n) is 4.30. The molecule has 1 heterocycles.